The number of nitrogens with one attached hydrogen (secondary N) is 3. The van der Waals surface area contributed by atoms with Crippen LogP contribution in [-0.2, 0) is 9.47 Å². The molecule has 0 unspecified atom stereocenters. The summed E-state index contributed by atoms with van der Waals surface area (Å²) in [5.74, 6) is -3.72. The fraction of sp³-hybridized carbons (Fsp3) is 0.125. The summed E-state index contributed by atoms with van der Waals surface area (Å²) in [7, 11) is 1.48. The van der Waals surface area contributed by atoms with Crippen molar-refractivity contribution < 1.29 is 37.7 Å². The van der Waals surface area contributed by atoms with Crippen molar-refractivity contribution in [3.63, 3.8) is 0 Å². The Morgan fingerprint density at radius 2 is 1.43 bits per heavy atom. The van der Waals surface area contributed by atoms with E-state index < -0.39 is 35.3 Å². The fourth-order valence-electron chi connectivity index (χ4n) is 2.93. The van der Waals surface area contributed by atoms with Gasteiger partial charge in [-0.15, -0.1) is 0 Å². The van der Waals surface area contributed by atoms with Crippen LogP contribution in [0.2, 0.25) is 0 Å². The zero-order valence-electron chi connectivity index (χ0n) is 18.4. The van der Waals surface area contributed by atoms with Gasteiger partial charge >= 0.3 is 6.09 Å². The van der Waals surface area contributed by atoms with Crippen molar-refractivity contribution in [1.82, 2.24) is 0 Å². The van der Waals surface area contributed by atoms with E-state index in [9.17, 15) is 28.3 Å². The Hall–Kier alpha value is -4.51. The highest BCUT2D eigenvalue weighted by molar-refractivity contribution is 6.08. The predicted molar refractivity (Wildman–Crippen MR) is 124 cm³/mol. The number of ether oxygens (including phenoxy) is 2. The number of hydrogen-bond acceptors (Lipinski definition) is 6. The molecule has 0 aliphatic heterocycles. The Morgan fingerprint density at radius 3 is 2.09 bits per heavy atom. The van der Waals surface area contributed by atoms with E-state index >= 15 is 0 Å². The Morgan fingerprint density at radius 1 is 0.800 bits per heavy atom. The van der Waals surface area contributed by atoms with E-state index in [1.54, 1.807) is 18.2 Å². The summed E-state index contributed by atoms with van der Waals surface area (Å²) in [6.07, 6.45) is -0.693. The Kier molecular flexibility index (Phi) is 8.30. The van der Waals surface area contributed by atoms with Crippen molar-refractivity contribution >= 4 is 35.0 Å². The molecule has 3 rings (SSSR count). The van der Waals surface area contributed by atoms with Gasteiger partial charge in [0, 0.05) is 41.9 Å². The summed E-state index contributed by atoms with van der Waals surface area (Å²) in [6.45, 7) is 0.326. The molecular weight excluding hydrogens is 464 g/mol. The molecule has 0 atom stereocenters. The van der Waals surface area contributed by atoms with Crippen LogP contribution in [0.3, 0.4) is 0 Å². The lowest BCUT2D eigenvalue weighted by Crippen LogP contribution is -2.17. The molecule has 0 fully saturated rings. The van der Waals surface area contributed by atoms with E-state index in [2.05, 4.69) is 16.0 Å². The van der Waals surface area contributed by atoms with E-state index in [-0.39, 0.29) is 30.0 Å². The second-order valence-electron chi connectivity index (χ2n) is 7.13. The molecule has 182 valence electrons. The van der Waals surface area contributed by atoms with Gasteiger partial charge in [0.1, 0.15) is 24.0 Å². The van der Waals surface area contributed by atoms with E-state index in [0.29, 0.717) is 17.4 Å². The SMILES string of the molecule is COCCOC(=O)Nc1cccc(NC(=O)c2ccc(NC(=O)c3cc(F)cc(F)c3)cc2O)c1. The summed E-state index contributed by atoms with van der Waals surface area (Å²) in [5.41, 5.74) is 0.444. The lowest BCUT2D eigenvalue weighted by molar-refractivity contribution is 0.101. The number of rotatable bonds is 8. The molecule has 3 amide bonds. The highest BCUT2D eigenvalue weighted by Crippen LogP contribution is 2.24. The smallest absolute Gasteiger partial charge is 0.411 e. The van der Waals surface area contributed by atoms with Crippen LogP contribution in [0.1, 0.15) is 20.7 Å². The number of carbonyl (C=O) groups is 3. The number of amides is 3. The lowest BCUT2D eigenvalue weighted by Gasteiger charge is -2.11. The summed E-state index contributed by atoms with van der Waals surface area (Å²) < 4.78 is 36.4. The molecule has 0 saturated carbocycles. The monoisotopic (exact) mass is 485 g/mol. The first-order chi connectivity index (χ1) is 16.7. The summed E-state index contributed by atoms with van der Waals surface area (Å²) in [6, 6.07) is 12.3. The van der Waals surface area contributed by atoms with Crippen LogP contribution >= 0.6 is 0 Å². The normalized spacial score (nSPS) is 10.4. The van der Waals surface area contributed by atoms with Gasteiger partial charge in [-0.2, -0.15) is 0 Å². The van der Waals surface area contributed by atoms with Crippen LogP contribution in [0.25, 0.3) is 0 Å². The molecule has 0 aliphatic rings. The minimum absolute atomic E-state index is 0.0770. The summed E-state index contributed by atoms with van der Waals surface area (Å²) >= 11 is 0. The lowest BCUT2D eigenvalue weighted by atomic mass is 10.1. The molecule has 3 aromatic rings. The number of anilines is 3. The van der Waals surface area contributed by atoms with E-state index in [4.69, 9.17) is 9.47 Å². The molecule has 3 aromatic carbocycles. The van der Waals surface area contributed by atoms with Gasteiger partial charge < -0.3 is 25.2 Å². The molecule has 0 saturated heterocycles. The maximum absolute atomic E-state index is 13.3. The number of aromatic hydroxyl groups is 1. The zero-order chi connectivity index (χ0) is 25.4. The highest BCUT2D eigenvalue weighted by atomic mass is 19.1. The van der Waals surface area contributed by atoms with Gasteiger partial charge in [0.15, 0.2) is 0 Å². The second kappa shape index (κ2) is 11.6. The van der Waals surface area contributed by atoms with Crippen molar-refractivity contribution in [1.29, 1.82) is 0 Å². The van der Waals surface area contributed by atoms with Crippen LogP contribution in [-0.4, -0.2) is 43.3 Å². The largest absolute Gasteiger partial charge is 0.507 e. The minimum Gasteiger partial charge on any atom is -0.507 e. The first kappa shape index (κ1) is 25.1. The number of phenolic OH excluding ortho intramolecular Hbond substituents is 1. The Labute approximate surface area is 198 Å². The molecule has 0 heterocycles. The van der Waals surface area contributed by atoms with Crippen LogP contribution in [0.15, 0.2) is 60.7 Å². The number of methoxy groups -OCH3 is 1. The van der Waals surface area contributed by atoms with Crippen molar-refractivity contribution in [3.05, 3.63) is 83.4 Å². The van der Waals surface area contributed by atoms with E-state index in [1.165, 1.54) is 25.3 Å². The van der Waals surface area contributed by atoms with Gasteiger partial charge in [-0.25, -0.2) is 13.6 Å². The molecule has 35 heavy (non-hydrogen) atoms. The first-order valence-corrected chi connectivity index (χ1v) is 10.2. The van der Waals surface area contributed by atoms with Crippen LogP contribution in [0.4, 0.5) is 30.6 Å². The number of phenols is 1. The van der Waals surface area contributed by atoms with Gasteiger partial charge in [-0.1, -0.05) is 6.07 Å². The van der Waals surface area contributed by atoms with Gasteiger partial charge in [-0.05, 0) is 42.5 Å². The standard InChI is InChI=1S/C24H21F2N3O6/c1-34-7-8-35-24(33)29-18-4-2-3-17(12-18)28-23(32)20-6-5-19(13-21(20)30)27-22(31)14-9-15(25)11-16(26)10-14/h2-6,9-13,30H,7-8H2,1H3,(H,27,31)(H,28,32)(H,29,33). The van der Waals surface area contributed by atoms with Gasteiger partial charge in [0.2, 0.25) is 0 Å². The number of carbonyl (C=O) groups excluding carboxylic acids is 3. The molecular formula is C24H21F2N3O6. The highest BCUT2D eigenvalue weighted by Gasteiger charge is 2.15. The third-order valence-electron chi connectivity index (χ3n) is 4.51. The Balaban J connectivity index is 1.64. The maximum Gasteiger partial charge on any atom is 0.411 e. The van der Waals surface area contributed by atoms with Crippen molar-refractivity contribution in [3.8, 4) is 5.75 Å². The maximum atomic E-state index is 13.3. The van der Waals surface area contributed by atoms with Crippen molar-refractivity contribution in [2.45, 2.75) is 0 Å². The molecule has 9 nitrogen and oxygen atoms in total. The summed E-state index contributed by atoms with van der Waals surface area (Å²) in [5, 5.41) is 17.8. The topological polar surface area (TPSA) is 126 Å². The van der Waals surface area contributed by atoms with Crippen molar-refractivity contribution in [2.75, 3.05) is 36.3 Å². The minimum atomic E-state index is -0.910. The average Bonchev–Trinajstić information content (AvgIpc) is 2.79. The quantitative estimate of drug-likeness (QED) is 0.351. The fourth-order valence-corrected chi connectivity index (χ4v) is 2.93. The predicted octanol–water partition coefficient (Wildman–Crippen LogP) is 4.37. The number of halogens is 2. The average molecular weight is 485 g/mol. The molecule has 0 bridgehead atoms. The third-order valence-corrected chi connectivity index (χ3v) is 4.51. The van der Waals surface area contributed by atoms with Crippen LogP contribution < -0.4 is 16.0 Å². The first-order valence-electron chi connectivity index (χ1n) is 10.2. The number of benzene rings is 3. The number of hydrogen-bond donors (Lipinski definition) is 4. The molecule has 0 spiro atoms. The second-order valence-corrected chi connectivity index (χ2v) is 7.13. The van der Waals surface area contributed by atoms with Gasteiger partial charge in [-0.3, -0.25) is 14.9 Å². The van der Waals surface area contributed by atoms with E-state index in [0.717, 1.165) is 18.2 Å². The van der Waals surface area contributed by atoms with Gasteiger partial charge in [0.05, 0.1) is 12.2 Å². The molecule has 0 aromatic heterocycles. The van der Waals surface area contributed by atoms with Crippen LogP contribution in [0.5, 0.6) is 5.75 Å². The zero-order valence-corrected chi connectivity index (χ0v) is 18.4. The van der Waals surface area contributed by atoms with E-state index in [1.807, 2.05) is 0 Å². The Bertz CT molecular complexity index is 1230. The van der Waals surface area contributed by atoms with Crippen molar-refractivity contribution in [2.24, 2.45) is 0 Å². The molecule has 4 N–H and O–H groups in total. The van der Waals surface area contributed by atoms with Gasteiger partial charge in [0.25, 0.3) is 11.8 Å². The third kappa shape index (κ3) is 7.24. The van der Waals surface area contributed by atoms with Crippen LogP contribution in [0, 0.1) is 11.6 Å². The molecule has 11 heteroatoms. The molecule has 0 aliphatic carbocycles. The molecule has 0 radical (unpaired) electrons. The summed E-state index contributed by atoms with van der Waals surface area (Å²) in [4.78, 5) is 36.6.